The van der Waals surface area contributed by atoms with E-state index in [9.17, 15) is 5.11 Å². The monoisotopic (exact) mass is 452 g/mol. The number of unbranched alkanes of at least 4 members (excludes halogenated alkanes) is 1. The number of aliphatic hydroxyl groups excluding tert-OH is 2. The first kappa shape index (κ1) is 22.3. The predicted molar refractivity (Wildman–Crippen MR) is 136 cm³/mol. The van der Waals surface area contributed by atoms with Gasteiger partial charge in [-0.05, 0) is 70.6 Å². The lowest BCUT2D eigenvalue weighted by Crippen LogP contribution is -2.13. The van der Waals surface area contributed by atoms with Crippen molar-refractivity contribution in [1.29, 1.82) is 0 Å². The highest BCUT2D eigenvalue weighted by Crippen LogP contribution is 2.46. The zero-order valence-electron chi connectivity index (χ0n) is 19.1. The molecule has 4 nitrogen and oxygen atoms in total. The Kier molecular flexibility index (Phi) is 6.67. The van der Waals surface area contributed by atoms with Crippen molar-refractivity contribution in [1.82, 2.24) is 0 Å². The summed E-state index contributed by atoms with van der Waals surface area (Å²) in [5.74, 6) is 8.07. The molecular weight excluding hydrogens is 424 g/mol. The summed E-state index contributed by atoms with van der Waals surface area (Å²) in [4.78, 5) is 0. The number of aryl methyl sites for hydroxylation is 1. The molecule has 2 N–H and O–H groups in total. The lowest BCUT2D eigenvalue weighted by atomic mass is 9.90. The zero-order chi connectivity index (χ0) is 23.3. The molecule has 0 unspecified atom stereocenters. The maximum atomic E-state index is 9.21. The first-order chi connectivity index (χ1) is 16.8. The minimum atomic E-state index is 0.164. The van der Waals surface area contributed by atoms with Crippen molar-refractivity contribution in [2.45, 2.75) is 25.7 Å². The molecule has 0 aromatic heterocycles. The highest BCUT2D eigenvalue weighted by molar-refractivity contribution is 6.10. The van der Waals surface area contributed by atoms with Crippen molar-refractivity contribution >= 4 is 21.5 Å². The molecule has 1 aliphatic heterocycles. The molecule has 4 heteroatoms. The maximum Gasteiger partial charge on any atom is 0.128 e. The molecule has 5 rings (SSSR count). The van der Waals surface area contributed by atoms with E-state index in [-0.39, 0.29) is 13.2 Å². The number of hydrogen-bond donors (Lipinski definition) is 2. The third-order valence-corrected chi connectivity index (χ3v) is 6.19. The van der Waals surface area contributed by atoms with Gasteiger partial charge in [-0.1, -0.05) is 48.2 Å². The van der Waals surface area contributed by atoms with Gasteiger partial charge in [-0.15, -0.1) is 0 Å². The number of fused-ring (bicyclic) bond motifs is 7. The summed E-state index contributed by atoms with van der Waals surface area (Å²) in [6.07, 6.45) is 2.98. The average Bonchev–Trinajstić information content (AvgIpc) is 2.85. The summed E-state index contributed by atoms with van der Waals surface area (Å²) < 4.78 is 12.3. The van der Waals surface area contributed by atoms with Crippen molar-refractivity contribution in [2.75, 3.05) is 26.4 Å². The van der Waals surface area contributed by atoms with Crippen LogP contribution in [0.15, 0.2) is 60.7 Å². The number of aliphatic hydroxyl groups is 2. The molecule has 1 heterocycles. The van der Waals surface area contributed by atoms with Gasteiger partial charge in [-0.3, -0.25) is 0 Å². The van der Waals surface area contributed by atoms with E-state index in [1.807, 2.05) is 12.1 Å². The van der Waals surface area contributed by atoms with Gasteiger partial charge in [-0.2, -0.15) is 0 Å². The number of rotatable bonds is 5. The smallest absolute Gasteiger partial charge is 0.128 e. The Morgan fingerprint density at radius 2 is 1.35 bits per heavy atom. The fourth-order valence-corrected chi connectivity index (χ4v) is 4.58. The SMILES string of the molecule is OCCCC#Cc1ccc2c3c(ccc2c1)OCCOc1ccc2cc(CCCO)ccc2c1-3. The minimum Gasteiger partial charge on any atom is -0.489 e. The van der Waals surface area contributed by atoms with Crippen LogP contribution in [0.5, 0.6) is 11.5 Å². The summed E-state index contributed by atoms with van der Waals surface area (Å²) in [6.45, 7) is 1.34. The topological polar surface area (TPSA) is 58.9 Å². The van der Waals surface area contributed by atoms with Gasteiger partial charge in [-0.25, -0.2) is 0 Å². The molecule has 0 amide bonds. The van der Waals surface area contributed by atoms with Crippen LogP contribution in [0, 0.1) is 11.8 Å². The van der Waals surface area contributed by atoms with Crippen molar-refractivity contribution < 1.29 is 19.7 Å². The van der Waals surface area contributed by atoms with E-state index in [1.54, 1.807) is 0 Å². The molecule has 0 radical (unpaired) electrons. The Morgan fingerprint density at radius 3 is 2.03 bits per heavy atom. The molecule has 34 heavy (non-hydrogen) atoms. The average molecular weight is 453 g/mol. The van der Waals surface area contributed by atoms with E-state index in [0.717, 1.165) is 62.6 Å². The second-order valence-electron chi connectivity index (χ2n) is 8.52. The molecule has 172 valence electrons. The summed E-state index contributed by atoms with van der Waals surface area (Å²) >= 11 is 0. The third kappa shape index (κ3) is 4.46. The summed E-state index contributed by atoms with van der Waals surface area (Å²) in [6, 6.07) is 21.1. The van der Waals surface area contributed by atoms with Crippen molar-refractivity contribution in [2.24, 2.45) is 0 Å². The number of benzene rings is 4. The van der Waals surface area contributed by atoms with Gasteiger partial charge < -0.3 is 19.7 Å². The Balaban J connectivity index is 1.68. The minimum absolute atomic E-state index is 0.164. The van der Waals surface area contributed by atoms with Crippen LogP contribution >= 0.6 is 0 Å². The molecule has 0 saturated heterocycles. The van der Waals surface area contributed by atoms with Crippen LogP contribution < -0.4 is 9.47 Å². The van der Waals surface area contributed by atoms with Gasteiger partial charge in [0.1, 0.15) is 24.7 Å². The first-order valence-electron chi connectivity index (χ1n) is 11.9. The van der Waals surface area contributed by atoms with Gasteiger partial charge in [0, 0.05) is 36.3 Å². The molecule has 0 bridgehead atoms. The largest absolute Gasteiger partial charge is 0.489 e. The summed E-state index contributed by atoms with van der Waals surface area (Å²) in [5, 5.41) is 22.6. The standard InChI is InChI=1S/C30H28O4/c31-15-3-1-2-5-21-7-11-25-23(19-21)9-13-27-29(25)30-26-12-8-22(6-4-16-32)20-24(26)10-14-28(30)34-18-17-33-27/h7-14,19-20,31-32H,1,3-4,6,15-18H2. The van der Waals surface area contributed by atoms with Gasteiger partial charge in [0.15, 0.2) is 0 Å². The molecule has 0 saturated carbocycles. The predicted octanol–water partition coefficient (Wildman–Crippen LogP) is 5.48. The molecule has 0 atom stereocenters. The van der Waals surface area contributed by atoms with Crippen molar-refractivity contribution in [3.05, 3.63) is 71.8 Å². The summed E-state index contributed by atoms with van der Waals surface area (Å²) in [5.41, 5.74) is 4.26. The normalized spacial score (nSPS) is 12.5. The first-order valence-corrected chi connectivity index (χ1v) is 11.9. The van der Waals surface area contributed by atoms with Gasteiger partial charge in [0.2, 0.25) is 0 Å². The Labute approximate surface area is 199 Å². The van der Waals surface area contributed by atoms with E-state index in [1.165, 1.54) is 5.56 Å². The highest BCUT2D eigenvalue weighted by Gasteiger charge is 2.21. The number of ether oxygens (including phenoxy) is 2. The van der Waals surface area contributed by atoms with Crippen molar-refractivity contribution in [3.63, 3.8) is 0 Å². The van der Waals surface area contributed by atoms with Crippen LogP contribution in [-0.4, -0.2) is 36.6 Å². The second-order valence-corrected chi connectivity index (χ2v) is 8.52. The molecule has 0 spiro atoms. The fourth-order valence-electron chi connectivity index (χ4n) is 4.58. The Bertz CT molecular complexity index is 1390. The zero-order valence-corrected chi connectivity index (χ0v) is 19.1. The molecule has 1 aliphatic rings. The van der Waals surface area contributed by atoms with Gasteiger partial charge in [0.25, 0.3) is 0 Å². The van der Waals surface area contributed by atoms with E-state index in [0.29, 0.717) is 26.1 Å². The van der Waals surface area contributed by atoms with Crippen LogP contribution in [0.4, 0.5) is 0 Å². The molecule has 0 aliphatic carbocycles. The third-order valence-electron chi connectivity index (χ3n) is 6.19. The maximum absolute atomic E-state index is 9.21. The lowest BCUT2D eigenvalue weighted by molar-refractivity contribution is 0.215. The number of hydrogen-bond acceptors (Lipinski definition) is 4. The van der Waals surface area contributed by atoms with Crippen LogP contribution in [0.3, 0.4) is 0 Å². The fraction of sp³-hybridized carbons (Fsp3) is 0.267. The van der Waals surface area contributed by atoms with Gasteiger partial charge >= 0.3 is 0 Å². The molecule has 0 fully saturated rings. The Hall–Kier alpha value is -3.52. The molecular formula is C30H28O4. The second kappa shape index (κ2) is 10.2. The quantitative estimate of drug-likeness (QED) is 0.311. The molecule has 4 aromatic carbocycles. The van der Waals surface area contributed by atoms with Crippen molar-refractivity contribution in [3.8, 4) is 34.5 Å². The highest BCUT2D eigenvalue weighted by atomic mass is 16.5. The molecule has 4 aromatic rings. The van der Waals surface area contributed by atoms with E-state index in [2.05, 4.69) is 60.4 Å². The van der Waals surface area contributed by atoms with Crippen LogP contribution in [0.25, 0.3) is 32.7 Å². The van der Waals surface area contributed by atoms with Crippen LogP contribution in [0.2, 0.25) is 0 Å². The van der Waals surface area contributed by atoms with Crippen LogP contribution in [0.1, 0.15) is 30.4 Å². The summed E-state index contributed by atoms with van der Waals surface area (Å²) in [7, 11) is 0. The van der Waals surface area contributed by atoms with Crippen LogP contribution in [-0.2, 0) is 6.42 Å². The van der Waals surface area contributed by atoms with Gasteiger partial charge in [0.05, 0.1) is 0 Å². The Morgan fingerprint density at radius 1 is 0.706 bits per heavy atom. The van der Waals surface area contributed by atoms with E-state index < -0.39 is 0 Å². The van der Waals surface area contributed by atoms with E-state index in [4.69, 9.17) is 14.6 Å². The lowest BCUT2D eigenvalue weighted by Gasteiger charge is -2.22. The van der Waals surface area contributed by atoms with E-state index >= 15 is 0 Å².